The third-order valence-electron chi connectivity index (χ3n) is 2.52. The summed E-state index contributed by atoms with van der Waals surface area (Å²) >= 11 is 0. The second kappa shape index (κ2) is 4.95. The molecule has 0 aliphatic rings. The van der Waals surface area contributed by atoms with Gasteiger partial charge in [0.2, 0.25) is 0 Å². The molecule has 0 atom stereocenters. The molecule has 2 N–H and O–H groups in total. The number of anilines is 1. The van der Waals surface area contributed by atoms with Crippen LogP contribution in [0.3, 0.4) is 0 Å². The summed E-state index contributed by atoms with van der Waals surface area (Å²) in [7, 11) is 0. The summed E-state index contributed by atoms with van der Waals surface area (Å²) < 4.78 is 37.9. The van der Waals surface area contributed by atoms with Gasteiger partial charge < -0.3 is 5.32 Å². The van der Waals surface area contributed by atoms with E-state index in [1.165, 1.54) is 6.07 Å². The van der Waals surface area contributed by atoms with Gasteiger partial charge in [0.05, 0.1) is 11.3 Å². The maximum Gasteiger partial charge on any atom is 0.416 e. The number of rotatable bonds is 3. The standard InChI is InChI=1S/C13H14F3N3/c1-8(2)17-12-7-11(18-19-12)9-4-3-5-10(6-9)13(14,15)16/h3-8H,1-2H3,(H2,17,18,19). The average Bonchev–Trinajstić information content (AvgIpc) is 2.76. The lowest BCUT2D eigenvalue weighted by atomic mass is 10.1. The number of halogens is 3. The Bertz CT molecular complexity index is 558. The molecule has 3 nitrogen and oxygen atoms in total. The van der Waals surface area contributed by atoms with E-state index in [4.69, 9.17) is 0 Å². The van der Waals surface area contributed by atoms with Gasteiger partial charge in [0, 0.05) is 17.7 Å². The minimum Gasteiger partial charge on any atom is -0.366 e. The van der Waals surface area contributed by atoms with Crippen molar-refractivity contribution in [3.63, 3.8) is 0 Å². The Morgan fingerprint density at radius 2 is 1.95 bits per heavy atom. The number of nitrogens with zero attached hydrogens (tertiary/aromatic N) is 1. The van der Waals surface area contributed by atoms with Crippen molar-refractivity contribution >= 4 is 5.82 Å². The number of aromatic nitrogens is 2. The van der Waals surface area contributed by atoms with E-state index in [0.717, 1.165) is 12.1 Å². The molecular weight excluding hydrogens is 255 g/mol. The molecule has 0 unspecified atom stereocenters. The molecule has 0 spiro atoms. The zero-order valence-corrected chi connectivity index (χ0v) is 10.5. The molecule has 0 aliphatic heterocycles. The molecule has 2 aromatic rings. The average molecular weight is 269 g/mol. The van der Waals surface area contributed by atoms with Crippen LogP contribution in [0, 0.1) is 0 Å². The Morgan fingerprint density at radius 1 is 1.21 bits per heavy atom. The van der Waals surface area contributed by atoms with Crippen molar-refractivity contribution in [3.8, 4) is 11.3 Å². The number of hydrogen-bond donors (Lipinski definition) is 2. The minimum atomic E-state index is -4.34. The maximum absolute atomic E-state index is 12.6. The highest BCUT2D eigenvalue weighted by molar-refractivity contribution is 5.63. The van der Waals surface area contributed by atoms with Gasteiger partial charge in [-0.15, -0.1) is 0 Å². The summed E-state index contributed by atoms with van der Waals surface area (Å²) in [6.45, 7) is 3.91. The first-order valence-corrected chi connectivity index (χ1v) is 5.86. The van der Waals surface area contributed by atoms with Gasteiger partial charge in [-0.05, 0) is 26.0 Å². The molecule has 19 heavy (non-hydrogen) atoms. The molecule has 0 radical (unpaired) electrons. The lowest BCUT2D eigenvalue weighted by Crippen LogP contribution is -2.09. The molecule has 0 saturated carbocycles. The Kier molecular flexibility index (Phi) is 3.50. The maximum atomic E-state index is 12.6. The van der Waals surface area contributed by atoms with E-state index in [-0.39, 0.29) is 6.04 Å². The highest BCUT2D eigenvalue weighted by atomic mass is 19.4. The van der Waals surface area contributed by atoms with E-state index >= 15 is 0 Å². The van der Waals surface area contributed by atoms with Gasteiger partial charge in [-0.1, -0.05) is 12.1 Å². The van der Waals surface area contributed by atoms with Crippen LogP contribution in [0.15, 0.2) is 30.3 Å². The van der Waals surface area contributed by atoms with E-state index < -0.39 is 11.7 Å². The molecule has 0 fully saturated rings. The summed E-state index contributed by atoms with van der Waals surface area (Å²) in [4.78, 5) is 0. The van der Waals surface area contributed by atoms with Crippen LogP contribution in [0.25, 0.3) is 11.3 Å². The van der Waals surface area contributed by atoms with Gasteiger partial charge in [0.15, 0.2) is 0 Å². The van der Waals surface area contributed by atoms with Gasteiger partial charge in [-0.3, -0.25) is 5.10 Å². The summed E-state index contributed by atoms with van der Waals surface area (Å²) in [6.07, 6.45) is -4.34. The Morgan fingerprint density at radius 3 is 2.58 bits per heavy atom. The van der Waals surface area contributed by atoms with E-state index in [0.29, 0.717) is 17.1 Å². The summed E-state index contributed by atoms with van der Waals surface area (Å²) in [5, 5.41) is 9.81. The second-order valence-electron chi connectivity index (χ2n) is 4.54. The number of benzene rings is 1. The molecule has 102 valence electrons. The van der Waals surface area contributed by atoms with Crippen LogP contribution in [-0.2, 0) is 6.18 Å². The second-order valence-corrected chi connectivity index (χ2v) is 4.54. The predicted octanol–water partition coefficient (Wildman–Crippen LogP) is 3.92. The van der Waals surface area contributed by atoms with Crippen LogP contribution in [0.2, 0.25) is 0 Å². The normalized spacial score (nSPS) is 11.9. The zero-order valence-electron chi connectivity index (χ0n) is 10.5. The zero-order chi connectivity index (χ0) is 14.0. The fraction of sp³-hybridized carbons (Fsp3) is 0.308. The Labute approximate surface area is 108 Å². The summed E-state index contributed by atoms with van der Waals surface area (Å²) in [6, 6.07) is 7.05. The number of H-pyrrole nitrogens is 1. The van der Waals surface area contributed by atoms with E-state index in [1.807, 2.05) is 13.8 Å². The minimum absolute atomic E-state index is 0.206. The van der Waals surface area contributed by atoms with Crippen molar-refractivity contribution in [2.75, 3.05) is 5.32 Å². The third kappa shape index (κ3) is 3.27. The summed E-state index contributed by atoms with van der Waals surface area (Å²) in [5.41, 5.74) is 0.339. The lowest BCUT2D eigenvalue weighted by Gasteiger charge is -2.07. The number of nitrogens with one attached hydrogen (secondary N) is 2. The van der Waals surface area contributed by atoms with E-state index in [9.17, 15) is 13.2 Å². The van der Waals surface area contributed by atoms with Gasteiger partial charge in [-0.25, -0.2) is 0 Å². The molecular formula is C13H14F3N3. The summed E-state index contributed by atoms with van der Waals surface area (Å²) in [5.74, 6) is 0.613. The van der Waals surface area contributed by atoms with Crippen LogP contribution < -0.4 is 5.32 Å². The van der Waals surface area contributed by atoms with Crippen molar-refractivity contribution < 1.29 is 13.2 Å². The molecule has 1 heterocycles. The molecule has 0 amide bonds. The van der Waals surface area contributed by atoms with Crippen LogP contribution in [0.1, 0.15) is 19.4 Å². The lowest BCUT2D eigenvalue weighted by molar-refractivity contribution is -0.137. The number of hydrogen-bond acceptors (Lipinski definition) is 2. The first-order valence-electron chi connectivity index (χ1n) is 5.86. The van der Waals surface area contributed by atoms with Crippen molar-refractivity contribution in [2.45, 2.75) is 26.1 Å². The molecule has 0 aliphatic carbocycles. The van der Waals surface area contributed by atoms with E-state index in [1.54, 1.807) is 12.1 Å². The van der Waals surface area contributed by atoms with E-state index in [2.05, 4.69) is 15.5 Å². The first kappa shape index (κ1) is 13.5. The van der Waals surface area contributed by atoms with Crippen LogP contribution in [0.5, 0.6) is 0 Å². The van der Waals surface area contributed by atoms with Gasteiger partial charge in [0.25, 0.3) is 0 Å². The molecule has 0 saturated heterocycles. The molecule has 1 aromatic carbocycles. The van der Waals surface area contributed by atoms with Crippen molar-refractivity contribution in [3.05, 3.63) is 35.9 Å². The predicted molar refractivity (Wildman–Crippen MR) is 67.8 cm³/mol. The van der Waals surface area contributed by atoms with Crippen molar-refractivity contribution in [2.24, 2.45) is 0 Å². The van der Waals surface area contributed by atoms with Gasteiger partial charge in [-0.2, -0.15) is 18.3 Å². The third-order valence-corrected chi connectivity index (χ3v) is 2.52. The molecule has 1 aromatic heterocycles. The van der Waals surface area contributed by atoms with Gasteiger partial charge in [0.1, 0.15) is 5.82 Å². The molecule has 6 heteroatoms. The quantitative estimate of drug-likeness (QED) is 0.886. The fourth-order valence-electron chi connectivity index (χ4n) is 1.70. The number of aromatic amines is 1. The van der Waals surface area contributed by atoms with Crippen LogP contribution in [-0.4, -0.2) is 16.2 Å². The van der Waals surface area contributed by atoms with Crippen molar-refractivity contribution in [1.29, 1.82) is 0 Å². The monoisotopic (exact) mass is 269 g/mol. The van der Waals surface area contributed by atoms with Gasteiger partial charge >= 0.3 is 6.18 Å². The fourth-order valence-corrected chi connectivity index (χ4v) is 1.70. The Hall–Kier alpha value is -1.98. The smallest absolute Gasteiger partial charge is 0.366 e. The largest absolute Gasteiger partial charge is 0.416 e. The van der Waals surface area contributed by atoms with Crippen LogP contribution >= 0.6 is 0 Å². The topological polar surface area (TPSA) is 40.7 Å². The van der Waals surface area contributed by atoms with Crippen molar-refractivity contribution in [1.82, 2.24) is 10.2 Å². The first-order chi connectivity index (χ1) is 8.86. The SMILES string of the molecule is CC(C)Nc1cc(-c2cccc(C(F)(F)F)c2)[nH]n1. The molecule has 2 rings (SSSR count). The Balaban J connectivity index is 2.29. The van der Waals surface area contributed by atoms with Crippen LogP contribution in [0.4, 0.5) is 19.0 Å². The highest BCUT2D eigenvalue weighted by Gasteiger charge is 2.30. The number of alkyl halides is 3. The highest BCUT2D eigenvalue weighted by Crippen LogP contribution is 2.32. The molecule has 0 bridgehead atoms.